The SMILES string of the molecule is NCc1cccc(C(F)(F)P)c1. The smallest absolute Gasteiger partial charge is 0.283 e. The second kappa shape index (κ2) is 3.46. The van der Waals surface area contributed by atoms with Gasteiger partial charge in [-0.25, -0.2) is 0 Å². The Kier molecular flexibility index (Phi) is 2.76. The molecule has 0 radical (unpaired) electrons. The van der Waals surface area contributed by atoms with Gasteiger partial charge in [0.15, 0.2) is 0 Å². The molecular weight excluding hydrogens is 179 g/mol. The Morgan fingerprint density at radius 2 is 2.08 bits per heavy atom. The summed E-state index contributed by atoms with van der Waals surface area (Å²) in [5.41, 5.74) is 3.15. The third kappa shape index (κ3) is 2.23. The van der Waals surface area contributed by atoms with Crippen LogP contribution in [0.3, 0.4) is 0 Å². The predicted octanol–water partition coefficient (Wildman–Crippen LogP) is 2.07. The Bertz CT molecular complexity index is 270. The van der Waals surface area contributed by atoms with Gasteiger partial charge in [0.05, 0.1) is 0 Å². The van der Waals surface area contributed by atoms with Crippen molar-refractivity contribution in [3.05, 3.63) is 35.4 Å². The van der Waals surface area contributed by atoms with Gasteiger partial charge in [-0.15, -0.1) is 0 Å². The van der Waals surface area contributed by atoms with Gasteiger partial charge >= 0.3 is 0 Å². The lowest BCUT2D eigenvalue weighted by Crippen LogP contribution is -2.04. The molecule has 0 bridgehead atoms. The molecule has 1 aromatic rings. The highest BCUT2D eigenvalue weighted by atomic mass is 31.0. The van der Waals surface area contributed by atoms with Gasteiger partial charge in [-0.05, 0) is 11.6 Å². The minimum absolute atomic E-state index is 0.0181. The molecule has 0 saturated heterocycles. The average molecular weight is 189 g/mol. The fourth-order valence-corrected chi connectivity index (χ4v) is 1.09. The molecule has 1 unspecified atom stereocenters. The number of hydrogen-bond acceptors (Lipinski definition) is 1. The Morgan fingerprint density at radius 1 is 1.42 bits per heavy atom. The van der Waals surface area contributed by atoms with Crippen LogP contribution < -0.4 is 5.73 Å². The van der Waals surface area contributed by atoms with Crippen LogP contribution in [0.2, 0.25) is 0 Å². The molecule has 1 rings (SSSR count). The highest BCUT2D eigenvalue weighted by Gasteiger charge is 2.23. The summed E-state index contributed by atoms with van der Waals surface area (Å²) in [6.45, 7) is 0.286. The molecule has 0 aliphatic rings. The number of alkyl halides is 2. The normalized spacial score (nSPS) is 11.7. The molecule has 0 heterocycles. The maximum absolute atomic E-state index is 12.7. The summed E-state index contributed by atoms with van der Waals surface area (Å²) >= 11 is 0. The first-order valence-electron chi connectivity index (χ1n) is 3.50. The van der Waals surface area contributed by atoms with Crippen molar-refractivity contribution in [2.75, 3.05) is 0 Å². The molecule has 1 nitrogen and oxygen atoms in total. The molecule has 0 fully saturated rings. The molecule has 0 spiro atoms. The van der Waals surface area contributed by atoms with E-state index in [9.17, 15) is 8.78 Å². The number of hydrogen-bond donors (Lipinski definition) is 1. The third-order valence-corrected chi connectivity index (χ3v) is 1.88. The van der Waals surface area contributed by atoms with E-state index in [-0.39, 0.29) is 12.1 Å². The maximum Gasteiger partial charge on any atom is 0.283 e. The molecule has 12 heavy (non-hydrogen) atoms. The van der Waals surface area contributed by atoms with Gasteiger partial charge in [-0.1, -0.05) is 27.4 Å². The van der Waals surface area contributed by atoms with Gasteiger partial charge in [-0.3, -0.25) is 0 Å². The Balaban J connectivity index is 3.02. The average Bonchev–Trinajstić information content (AvgIpc) is 2.03. The second-order valence-corrected chi connectivity index (χ2v) is 3.25. The van der Waals surface area contributed by atoms with Crippen LogP contribution in [0.15, 0.2) is 24.3 Å². The van der Waals surface area contributed by atoms with Crippen LogP contribution in [0.4, 0.5) is 8.78 Å². The minimum Gasteiger partial charge on any atom is -0.326 e. The van der Waals surface area contributed by atoms with Gasteiger partial charge in [-0.2, -0.15) is 8.78 Å². The quantitative estimate of drug-likeness (QED) is 0.708. The van der Waals surface area contributed by atoms with Crippen molar-refractivity contribution < 1.29 is 8.78 Å². The molecule has 66 valence electrons. The minimum atomic E-state index is -2.86. The lowest BCUT2D eigenvalue weighted by Gasteiger charge is -2.10. The molecule has 1 atom stereocenters. The summed E-state index contributed by atoms with van der Waals surface area (Å²) in [6, 6.07) is 6.09. The standard InChI is InChI=1S/C8H10F2NP/c9-8(10,12)7-3-1-2-6(4-7)5-11/h1-4H,5,11-12H2. The highest BCUT2D eigenvalue weighted by Crippen LogP contribution is 2.34. The van der Waals surface area contributed by atoms with E-state index in [2.05, 4.69) is 0 Å². The lowest BCUT2D eigenvalue weighted by molar-refractivity contribution is 0.104. The molecule has 0 aromatic heterocycles. The van der Waals surface area contributed by atoms with E-state index in [4.69, 9.17) is 5.73 Å². The van der Waals surface area contributed by atoms with Gasteiger partial charge in [0.25, 0.3) is 5.66 Å². The van der Waals surface area contributed by atoms with Crippen molar-refractivity contribution in [2.45, 2.75) is 12.2 Å². The molecular formula is C8H10F2NP. The number of benzene rings is 1. The van der Waals surface area contributed by atoms with Gasteiger partial charge in [0.1, 0.15) is 0 Å². The first-order valence-corrected chi connectivity index (χ1v) is 4.08. The van der Waals surface area contributed by atoms with Crippen LogP contribution in [0.5, 0.6) is 0 Å². The monoisotopic (exact) mass is 189 g/mol. The highest BCUT2D eigenvalue weighted by molar-refractivity contribution is 7.17. The van der Waals surface area contributed by atoms with Crippen molar-refractivity contribution in [1.29, 1.82) is 0 Å². The molecule has 0 saturated carbocycles. The van der Waals surface area contributed by atoms with Crippen LogP contribution in [0, 0.1) is 0 Å². The molecule has 0 aliphatic heterocycles. The second-order valence-electron chi connectivity index (χ2n) is 2.53. The van der Waals surface area contributed by atoms with Gasteiger partial charge in [0.2, 0.25) is 0 Å². The first kappa shape index (κ1) is 9.56. The van der Waals surface area contributed by atoms with Crippen molar-refractivity contribution in [3.63, 3.8) is 0 Å². The topological polar surface area (TPSA) is 26.0 Å². The van der Waals surface area contributed by atoms with Crippen molar-refractivity contribution in [2.24, 2.45) is 5.73 Å². The summed E-state index contributed by atoms with van der Waals surface area (Å²) in [6.07, 6.45) is 0. The van der Waals surface area contributed by atoms with Crippen molar-refractivity contribution in [1.82, 2.24) is 0 Å². The number of rotatable bonds is 2. The summed E-state index contributed by atoms with van der Waals surface area (Å²) in [5.74, 6) is 0. The van der Waals surface area contributed by atoms with Crippen LogP contribution in [0.25, 0.3) is 0 Å². The number of nitrogens with two attached hydrogens (primary N) is 1. The molecule has 1 aromatic carbocycles. The van der Waals surface area contributed by atoms with Crippen LogP contribution in [-0.2, 0) is 12.2 Å². The zero-order valence-corrected chi connectivity index (χ0v) is 7.58. The van der Waals surface area contributed by atoms with Crippen LogP contribution >= 0.6 is 9.24 Å². The van der Waals surface area contributed by atoms with Crippen LogP contribution in [0.1, 0.15) is 11.1 Å². The third-order valence-electron chi connectivity index (χ3n) is 1.55. The molecule has 4 heteroatoms. The Hall–Kier alpha value is -0.530. The van der Waals surface area contributed by atoms with Crippen LogP contribution in [-0.4, -0.2) is 0 Å². The Labute approximate surface area is 72.2 Å². The van der Waals surface area contributed by atoms with Gasteiger partial charge in [0, 0.05) is 12.1 Å². The van der Waals surface area contributed by atoms with E-state index in [1.165, 1.54) is 21.4 Å². The van der Waals surface area contributed by atoms with Crippen molar-refractivity contribution >= 4 is 9.24 Å². The summed E-state index contributed by atoms with van der Waals surface area (Å²) in [7, 11) is 1.50. The van der Waals surface area contributed by atoms with E-state index in [0.717, 1.165) is 5.56 Å². The fraction of sp³-hybridized carbons (Fsp3) is 0.250. The number of halogens is 2. The summed E-state index contributed by atoms with van der Waals surface area (Å²) < 4.78 is 25.4. The molecule has 0 aliphatic carbocycles. The predicted molar refractivity (Wildman–Crippen MR) is 47.9 cm³/mol. The first-order chi connectivity index (χ1) is 5.54. The van der Waals surface area contributed by atoms with E-state index in [1.807, 2.05) is 0 Å². The Morgan fingerprint density at radius 3 is 2.58 bits per heavy atom. The van der Waals surface area contributed by atoms with E-state index < -0.39 is 5.66 Å². The molecule has 2 N–H and O–H groups in total. The van der Waals surface area contributed by atoms with E-state index in [0.29, 0.717) is 0 Å². The largest absolute Gasteiger partial charge is 0.326 e. The zero-order chi connectivity index (χ0) is 9.19. The zero-order valence-electron chi connectivity index (χ0n) is 6.43. The fourth-order valence-electron chi connectivity index (χ4n) is 0.906. The van der Waals surface area contributed by atoms with Gasteiger partial charge < -0.3 is 5.73 Å². The summed E-state index contributed by atoms with van der Waals surface area (Å²) in [4.78, 5) is 0. The maximum atomic E-state index is 12.7. The van der Waals surface area contributed by atoms with E-state index >= 15 is 0 Å². The van der Waals surface area contributed by atoms with Crippen molar-refractivity contribution in [3.8, 4) is 0 Å². The lowest BCUT2D eigenvalue weighted by atomic mass is 10.1. The summed E-state index contributed by atoms with van der Waals surface area (Å²) in [5, 5.41) is 0. The van der Waals surface area contributed by atoms with E-state index in [1.54, 1.807) is 12.1 Å². The molecule has 0 amide bonds.